The summed E-state index contributed by atoms with van der Waals surface area (Å²) in [4.78, 5) is 13.0. The van der Waals surface area contributed by atoms with Crippen molar-refractivity contribution in [2.24, 2.45) is 5.92 Å². The zero-order chi connectivity index (χ0) is 8.97. The van der Waals surface area contributed by atoms with Gasteiger partial charge >= 0.3 is 6.09 Å². The Morgan fingerprint density at radius 2 is 2.42 bits per heavy atom. The molecule has 1 fully saturated rings. The largest absolute Gasteiger partial charge is 0.449 e. The molecule has 0 N–H and O–H groups in total. The molecule has 3 nitrogen and oxygen atoms in total. The molecule has 0 aromatic carbocycles. The lowest BCUT2D eigenvalue weighted by atomic mass is 10.1. The van der Waals surface area contributed by atoms with E-state index in [1.54, 1.807) is 4.90 Å². The molecule has 1 saturated heterocycles. The number of cyclic esters (lactones) is 1. The zero-order valence-electron chi connectivity index (χ0n) is 7.88. The molecule has 12 heavy (non-hydrogen) atoms. The monoisotopic (exact) mass is 171 g/mol. The van der Waals surface area contributed by atoms with E-state index < -0.39 is 0 Å². The second kappa shape index (κ2) is 4.33. The van der Waals surface area contributed by atoms with Crippen molar-refractivity contribution in [2.45, 2.75) is 26.7 Å². The van der Waals surface area contributed by atoms with Gasteiger partial charge in [-0.25, -0.2) is 4.79 Å². The van der Waals surface area contributed by atoms with Crippen LogP contribution in [-0.4, -0.2) is 30.7 Å². The Bertz CT molecular complexity index is 159. The maximum Gasteiger partial charge on any atom is 0.409 e. The van der Waals surface area contributed by atoms with Crippen LogP contribution in [0.4, 0.5) is 4.79 Å². The van der Waals surface area contributed by atoms with Crippen LogP contribution >= 0.6 is 0 Å². The molecular weight excluding hydrogens is 154 g/mol. The van der Waals surface area contributed by atoms with E-state index in [0.29, 0.717) is 12.5 Å². The number of amides is 1. The Kier molecular flexibility index (Phi) is 3.38. The number of carbonyl (C=O) groups excluding carboxylic acids is 1. The molecule has 0 bridgehead atoms. The predicted molar refractivity (Wildman–Crippen MR) is 47.0 cm³/mol. The summed E-state index contributed by atoms with van der Waals surface area (Å²) in [6.07, 6.45) is 1.95. The molecule has 1 aliphatic heterocycles. The Balaban J connectivity index is 2.34. The predicted octanol–water partition coefficient (Wildman–Crippen LogP) is 1.87. The topological polar surface area (TPSA) is 29.5 Å². The third-order valence-corrected chi connectivity index (χ3v) is 2.29. The molecule has 1 rings (SSSR count). The molecule has 1 aliphatic rings. The van der Waals surface area contributed by atoms with Crippen LogP contribution in [-0.2, 0) is 4.74 Å². The standard InChI is InChI=1S/C9H17NO2/c1-3-8(2)7-10-5-4-6-12-9(10)11/h8H,3-7H2,1-2H3. The van der Waals surface area contributed by atoms with Crippen molar-refractivity contribution in [1.29, 1.82) is 0 Å². The van der Waals surface area contributed by atoms with Crippen molar-refractivity contribution in [3.05, 3.63) is 0 Å². The number of hydrogen-bond acceptors (Lipinski definition) is 2. The highest BCUT2D eigenvalue weighted by Crippen LogP contribution is 2.09. The lowest BCUT2D eigenvalue weighted by molar-refractivity contribution is 0.0672. The number of carbonyl (C=O) groups is 1. The van der Waals surface area contributed by atoms with Gasteiger partial charge in [-0.3, -0.25) is 0 Å². The molecule has 1 heterocycles. The summed E-state index contributed by atoms with van der Waals surface area (Å²) in [6.45, 7) is 6.59. The van der Waals surface area contributed by atoms with Crippen molar-refractivity contribution >= 4 is 6.09 Å². The minimum absolute atomic E-state index is 0.137. The minimum atomic E-state index is -0.137. The van der Waals surface area contributed by atoms with Gasteiger partial charge in [0.1, 0.15) is 0 Å². The van der Waals surface area contributed by atoms with E-state index in [0.717, 1.165) is 25.9 Å². The van der Waals surface area contributed by atoms with Gasteiger partial charge in [0.2, 0.25) is 0 Å². The van der Waals surface area contributed by atoms with Crippen LogP contribution in [0.3, 0.4) is 0 Å². The molecule has 1 amide bonds. The molecule has 0 radical (unpaired) electrons. The van der Waals surface area contributed by atoms with E-state index in [2.05, 4.69) is 13.8 Å². The fraction of sp³-hybridized carbons (Fsp3) is 0.889. The summed E-state index contributed by atoms with van der Waals surface area (Å²) in [5, 5.41) is 0. The van der Waals surface area contributed by atoms with E-state index >= 15 is 0 Å². The van der Waals surface area contributed by atoms with Crippen LogP contribution in [0.25, 0.3) is 0 Å². The summed E-state index contributed by atoms with van der Waals surface area (Å²) >= 11 is 0. The van der Waals surface area contributed by atoms with E-state index in [1.165, 1.54) is 0 Å². The van der Waals surface area contributed by atoms with Gasteiger partial charge in [0.05, 0.1) is 6.61 Å². The van der Waals surface area contributed by atoms with Gasteiger partial charge in [-0.1, -0.05) is 20.3 Å². The van der Waals surface area contributed by atoms with Crippen LogP contribution in [0, 0.1) is 5.92 Å². The molecule has 0 aromatic heterocycles. The van der Waals surface area contributed by atoms with Crippen LogP contribution in [0.1, 0.15) is 26.7 Å². The van der Waals surface area contributed by atoms with Crippen molar-refractivity contribution in [1.82, 2.24) is 4.90 Å². The van der Waals surface area contributed by atoms with Crippen LogP contribution < -0.4 is 0 Å². The number of nitrogens with zero attached hydrogens (tertiary/aromatic N) is 1. The molecule has 0 aliphatic carbocycles. The van der Waals surface area contributed by atoms with Gasteiger partial charge in [0, 0.05) is 13.1 Å². The molecule has 3 heteroatoms. The Hall–Kier alpha value is -0.730. The van der Waals surface area contributed by atoms with Gasteiger partial charge in [0.25, 0.3) is 0 Å². The normalized spacial score (nSPS) is 20.5. The third kappa shape index (κ3) is 2.40. The summed E-state index contributed by atoms with van der Waals surface area (Å²) in [5.74, 6) is 0.579. The average Bonchev–Trinajstić information content (AvgIpc) is 2.09. The maximum atomic E-state index is 11.1. The Labute approximate surface area is 73.7 Å². The van der Waals surface area contributed by atoms with Crippen LogP contribution in [0.2, 0.25) is 0 Å². The fourth-order valence-electron chi connectivity index (χ4n) is 1.27. The van der Waals surface area contributed by atoms with Gasteiger partial charge in [-0.05, 0) is 12.3 Å². The SMILES string of the molecule is CCC(C)CN1CCCOC1=O. The van der Waals surface area contributed by atoms with Crippen molar-refractivity contribution in [3.8, 4) is 0 Å². The first kappa shape index (κ1) is 9.36. The van der Waals surface area contributed by atoms with E-state index in [1.807, 2.05) is 0 Å². The maximum absolute atomic E-state index is 11.1. The van der Waals surface area contributed by atoms with Gasteiger partial charge < -0.3 is 9.64 Å². The summed E-state index contributed by atoms with van der Waals surface area (Å²) in [6, 6.07) is 0. The van der Waals surface area contributed by atoms with Gasteiger partial charge in [-0.15, -0.1) is 0 Å². The fourth-order valence-corrected chi connectivity index (χ4v) is 1.27. The van der Waals surface area contributed by atoms with Crippen LogP contribution in [0.5, 0.6) is 0 Å². The molecule has 1 unspecified atom stereocenters. The van der Waals surface area contributed by atoms with E-state index in [-0.39, 0.29) is 6.09 Å². The van der Waals surface area contributed by atoms with Gasteiger partial charge in [-0.2, -0.15) is 0 Å². The van der Waals surface area contributed by atoms with Crippen LogP contribution in [0.15, 0.2) is 0 Å². The lowest BCUT2D eigenvalue weighted by Gasteiger charge is -2.28. The summed E-state index contributed by atoms with van der Waals surface area (Å²) in [5.41, 5.74) is 0. The lowest BCUT2D eigenvalue weighted by Crippen LogP contribution is -2.40. The second-order valence-electron chi connectivity index (χ2n) is 3.43. The number of hydrogen-bond donors (Lipinski definition) is 0. The first-order valence-electron chi connectivity index (χ1n) is 4.65. The minimum Gasteiger partial charge on any atom is -0.449 e. The quantitative estimate of drug-likeness (QED) is 0.648. The molecular formula is C9H17NO2. The molecule has 0 saturated carbocycles. The first-order chi connectivity index (χ1) is 5.74. The van der Waals surface area contributed by atoms with E-state index in [9.17, 15) is 4.79 Å². The zero-order valence-corrected chi connectivity index (χ0v) is 7.88. The van der Waals surface area contributed by atoms with Crippen molar-refractivity contribution < 1.29 is 9.53 Å². The molecule has 1 atom stereocenters. The summed E-state index contributed by atoms with van der Waals surface area (Å²) < 4.78 is 4.92. The Morgan fingerprint density at radius 3 is 3.00 bits per heavy atom. The van der Waals surface area contributed by atoms with E-state index in [4.69, 9.17) is 4.74 Å². The smallest absolute Gasteiger partial charge is 0.409 e. The third-order valence-electron chi connectivity index (χ3n) is 2.29. The molecule has 70 valence electrons. The number of ether oxygens (including phenoxy) is 1. The first-order valence-corrected chi connectivity index (χ1v) is 4.65. The highest BCUT2D eigenvalue weighted by molar-refractivity contribution is 5.68. The van der Waals surface area contributed by atoms with Crippen molar-refractivity contribution in [2.75, 3.05) is 19.7 Å². The molecule has 0 aromatic rings. The highest BCUT2D eigenvalue weighted by atomic mass is 16.6. The van der Waals surface area contributed by atoms with Gasteiger partial charge in [0.15, 0.2) is 0 Å². The second-order valence-corrected chi connectivity index (χ2v) is 3.43. The highest BCUT2D eigenvalue weighted by Gasteiger charge is 2.20. The molecule has 0 spiro atoms. The number of rotatable bonds is 3. The Morgan fingerprint density at radius 1 is 1.67 bits per heavy atom. The average molecular weight is 171 g/mol. The summed E-state index contributed by atoms with van der Waals surface area (Å²) in [7, 11) is 0. The van der Waals surface area contributed by atoms with Crippen molar-refractivity contribution in [3.63, 3.8) is 0 Å².